The number of cyclic esters (lactones) is 1. The standard InChI is InChI=1S/C20H27NO5/c1-12(2)17(22)13(3)18(23)14(4)19(24)21-16(11-26-20(21)25)10-15-8-6-5-7-9-15/h5-9,12-14,16-17,22H,10-11H2,1-4H3/t13-,14+,16+,17+/m1/s1. The summed E-state index contributed by atoms with van der Waals surface area (Å²) in [6.45, 7) is 6.84. The number of hydrogen-bond donors (Lipinski definition) is 1. The topological polar surface area (TPSA) is 83.9 Å². The van der Waals surface area contributed by atoms with E-state index in [1.165, 1.54) is 6.92 Å². The molecule has 1 aliphatic heterocycles. The lowest BCUT2D eigenvalue weighted by atomic mass is 9.85. The van der Waals surface area contributed by atoms with E-state index in [2.05, 4.69) is 0 Å². The Morgan fingerprint density at radius 1 is 1.19 bits per heavy atom. The van der Waals surface area contributed by atoms with E-state index in [1.54, 1.807) is 6.92 Å². The lowest BCUT2D eigenvalue weighted by Crippen LogP contribution is -2.46. The Labute approximate surface area is 154 Å². The number of rotatable bonds is 7. The van der Waals surface area contributed by atoms with E-state index < -0.39 is 36.0 Å². The second kappa shape index (κ2) is 8.45. The zero-order valence-electron chi connectivity index (χ0n) is 15.7. The second-order valence-electron chi connectivity index (χ2n) is 7.28. The Kier molecular flexibility index (Phi) is 6.53. The second-order valence-corrected chi connectivity index (χ2v) is 7.28. The van der Waals surface area contributed by atoms with Crippen molar-refractivity contribution in [1.29, 1.82) is 0 Å². The maximum Gasteiger partial charge on any atom is 0.417 e. The minimum absolute atomic E-state index is 0.0983. The lowest BCUT2D eigenvalue weighted by Gasteiger charge is -2.26. The Balaban J connectivity index is 2.12. The fraction of sp³-hybridized carbons (Fsp3) is 0.550. The molecule has 1 N–H and O–H groups in total. The van der Waals surface area contributed by atoms with Crippen molar-refractivity contribution < 1.29 is 24.2 Å². The maximum atomic E-state index is 12.8. The molecule has 1 aliphatic rings. The minimum Gasteiger partial charge on any atom is -0.447 e. The SMILES string of the molecule is CC(C)[C@H](O)[C@@H](C)C(=O)[C@H](C)C(=O)N1C(=O)OC[C@@H]1Cc1ccccc1. The van der Waals surface area contributed by atoms with E-state index in [4.69, 9.17) is 4.74 Å². The van der Waals surface area contributed by atoms with Gasteiger partial charge in [0.25, 0.3) is 0 Å². The quantitative estimate of drug-likeness (QED) is 0.754. The first-order valence-electron chi connectivity index (χ1n) is 8.99. The van der Waals surface area contributed by atoms with Gasteiger partial charge in [0.15, 0.2) is 0 Å². The van der Waals surface area contributed by atoms with E-state index in [9.17, 15) is 19.5 Å². The van der Waals surface area contributed by atoms with Gasteiger partial charge in [-0.15, -0.1) is 0 Å². The van der Waals surface area contributed by atoms with Crippen LogP contribution >= 0.6 is 0 Å². The van der Waals surface area contributed by atoms with Crippen molar-refractivity contribution >= 4 is 17.8 Å². The van der Waals surface area contributed by atoms with Crippen LogP contribution in [-0.2, 0) is 20.7 Å². The van der Waals surface area contributed by atoms with Crippen molar-refractivity contribution in [3.8, 4) is 0 Å². The molecule has 142 valence electrons. The third-order valence-electron chi connectivity index (χ3n) is 4.95. The van der Waals surface area contributed by atoms with Crippen LogP contribution in [-0.4, -0.2) is 46.5 Å². The van der Waals surface area contributed by atoms with E-state index >= 15 is 0 Å². The summed E-state index contributed by atoms with van der Waals surface area (Å²) in [7, 11) is 0. The van der Waals surface area contributed by atoms with Gasteiger partial charge in [0.05, 0.1) is 18.1 Å². The molecule has 0 bridgehead atoms. The molecule has 1 saturated heterocycles. The molecule has 0 saturated carbocycles. The monoisotopic (exact) mass is 361 g/mol. The van der Waals surface area contributed by atoms with Crippen LogP contribution in [0.2, 0.25) is 0 Å². The zero-order chi connectivity index (χ0) is 19.4. The Morgan fingerprint density at radius 2 is 1.81 bits per heavy atom. The van der Waals surface area contributed by atoms with Crippen molar-refractivity contribution in [3.63, 3.8) is 0 Å². The highest BCUT2D eigenvalue weighted by Gasteiger charge is 2.42. The highest BCUT2D eigenvalue weighted by Crippen LogP contribution is 2.23. The fourth-order valence-corrected chi connectivity index (χ4v) is 3.24. The van der Waals surface area contributed by atoms with Crippen LogP contribution in [0.15, 0.2) is 30.3 Å². The summed E-state index contributed by atoms with van der Waals surface area (Å²) >= 11 is 0. The Bertz CT molecular complexity index is 657. The number of carbonyl (C=O) groups excluding carboxylic acids is 3. The molecule has 6 heteroatoms. The highest BCUT2D eigenvalue weighted by atomic mass is 16.6. The van der Waals surface area contributed by atoms with Crippen LogP contribution in [0.5, 0.6) is 0 Å². The number of Topliss-reactive ketones (excluding diaryl/α,β-unsaturated/α-hetero) is 1. The average molecular weight is 361 g/mol. The van der Waals surface area contributed by atoms with Gasteiger partial charge in [-0.05, 0) is 24.8 Å². The number of benzene rings is 1. The van der Waals surface area contributed by atoms with Crippen LogP contribution in [0.4, 0.5) is 4.79 Å². The fourth-order valence-electron chi connectivity index (χ4n) is 3.24. The first kappa shape index (κ1) is 20.1. The summed E-state index contributed by atoms with van der Waals surface area (Å²) in [6, 6.07) is 9.08. The van der Waals surface area contributed by atoms with Gasteiger partial charge in [-0.3, -0.25) is 9.59 Å². The number of imide groups is 1. The first-order chi connectivity index (χ1) is 12.2. The van der Waals surface area contributed by atoms with Gasteiger partial charge in [0.1, 0.15) is 12.4 Å². The van der Waals surface area contributed by atoms with Gasteiger partial charge in [0, 0.05) is 5.92 Å². The van der Waals surface area contributed by atoms with Crippen LogP contribution < -0.4 is 0 Å². The van der Waals surface area contributed by atoms with Gasteiger partial charge in [0.2, 0.25) is 5.91 Å². The third kappa shape index (κ3) is 4.30. The molecule has 1 aromatic rings. The van der Waals surface area contributed by atoms with Gasteiger partial charge in [-0.1, -0.05) is 51.1 Å². The molecule has 1 fully saturated rings. The largest absolute Gasteiger partial charge is 0.447 e. The van der Waals surface area contributed by atoms with E-state index in [0.717, 1.165) is 10.5 Å². The van der Waals surface area contributed by atoms with Crippen LogP contribution in [0.25, 0.3) is 0 Å². The molecule has 0 spiro atoms. The molecule has 2 amide bonds. The molecule has 0 aliphatic carbocycles. The van der Waals surface area contributed by atoms with Crippen LogP contribution in [0.1, 0.15) is 33.3 Å². The van der Waals surface area contributed by atoms with Crippen molar-refractivity contribution in [2.75, 3.05) is 6.61 Å². The number of ether oxygens (including phenoxy) is 1. The number of aliphatic hydroxyl groups excluding tert-OH is 1. The number of carbonyl (C=O) groups is 3. The summed E-state index contributed by atoms with van der Waals surface area (Å²) in [5, 5.41) is 10.1. The molecule has 1 aromatic carbocycles. The minimum atomic E-state index is -1.01. The Hall–Kier alpha value is -2.21. The van der Waals surface area contributed by atoms with Gasteiger partial charge >= 0.3 is 6.09 Å². The van der Waals surface area contributed by atoms with Crippen molar-refractivity contribution in [2.45, 2.75) is 46.3 Å². The molecule has 0 radical (unpaired) electrons. The Morgan fingerprint density at radius 3 is 2.38 bits per heavy atom. The molecule has 1 heterocycles. The molecular weight excluding hydrogens is 334 g/mol. The number of ketones is 1. The van der Waals surface area contributed by atoms with Crippen molar-refractivity contribution in [3.05, 3.63) is 35.9 Å². The summed E-state index contributed by atoms with van der Waals surface area (Å²) in [5.41, 5.74) is 0.983. The summed E-state index contributed by atoms with van der Waals surface area (Å²) in [4.78, 5) is 38.6. The summed E-state index contributed by atoms with van der Waals surface area (Å²) in [5.74, 6) is -2.73. The molecule has 0 aromatic heterocycles. The van der Waals surface area contributed by atoms with Crippen molar-refractivity contribution in [2.24, 2.45) is 17.8 Å². The molecule has 26 heavy (non-hydrogen) atoms. The summed E-state index contributed by atoms with van der Waals surface area (Å²) < 4.78 is 5.05. The van der Waals surface area contributed by atoms with Crippen molar-refractivity contribution in [1.82, 2.24) is 4.90 Å². The molecule has 2 rings (SSSR count). The normalized spacial score (nSPS) is 20.6. The number of nitrogens with zero attached hydrogens (tertiary/aromatic N) is 1. The smallest absolute Gasteiger partial charge is 0.417 e. The molecule has 0 unspecified atom stereocenters. The van der Waals surface area contributed by atoms with E-state index in [0.29, 0.717) is 6.42 Å². The van der Waals surface area contributed by atoms with Gasteiger partial charge < -0.3 is 9.84 Å². The predicted molar refractivity (Wildman–Crippen MR) is 96.3 cm³/mol. The van der Waals surface area contributed by atoms with Crippen LogP contribution in [0, 0.1) is 17.8 Å². The van der Waals surface area contributed by atoms with Crippen LogP contribution in [0.3, 0.4) is 0 Å². The molecule has 4 atom stereocenters. The average Bonchev–Trinajstić information content (AvgIpc) is 2.99. The highest BCUT2D eigenvalue weighted by molar-refractivity contribution is 6.07. The lowest BCUT2D eigenvalue weighted by molar-refractivity contribution is -0.142. The van der Waals surface area contributed by atoms with E-state index in [1.807, 2.05) is 44.2 Å². The van der Waals surface area contributed by atoms with E-state index in [-0.39, 0.29) is 18.3 Å². The first-order valence-corrected chi connectivity index (χ1v) is 8.99. The third-order valence-corrected chi connectivity index (χ3v) is 4.95. The predicted octanol–water partition coefficient (Wildman–Crippen LogP) is 2.43. The zero-order valence-corrected chi connectivity index (χ0v) is 15.7. The number of hydrogen-bond acceptors (Lipinski definition) is 5. The number of amides is 2. The number of aliphatic hydroxyl groups is 1. The summed E-state index contributed by atoms with van der Waals surface area (Å²) in [6.07, 6.45) is -1.07. The van der Waals surface area contributed by atoms with Gasteiger partial charge in [-0.25, -0.2) is 9.69 Å². The maximum absolute atomic E-state index is 12.8. The van der Waals surface area contributed by atoms with Gasteiger partial charge in [-0.2, -0.15) is 0 Å². The molecular formula is C20H27NO5. The molecule has 6 nitrogen and oxygen atoms in total.